The van der Waals surface area contributed by atoms with Crippen LogP contribution < -0.4 is 5.73 Å². The summed E-state index contributed by atoms with van der Waals surface area (Å²) in [5.74, 6) is -0.417. The van der Waals surface area contributed by atoms with Gasteiger partial charge in [0.1, 0.15) is 0 Å². The fourth-order valence-corrected chi connectivity index (χ4v) is 1.97. The number of imidazole rings is 1. The Hall–Kier alpha value is -2.62. The lowest BCUT2D eigenvalue weighted by Gasteiger charge is -2.03. The molecule has 3 rings (SSSR count). The van der Waals surface area contributed by atoms with Crippen molar-refractivity contribution in [2.24, 2.45) is 5.73 Å². The van der Waals surface area contributed by atoms with E-state index in [9.17, 15) is 4.79 Å². The van der Waals surface area contributed by atoms with Crippen LogP contribution in [-0.2, 0) is 0 Å². The Bertz CT molecular complexity index is 730. The molecule has 0 aliphatic carbocycles. The zero-order valence-corrected chi connectivity index (χ0v) is 9.55. The van der Waals surface area contributed by atoms with Crippen molar-refractivity contribution >= 4 is 16.9 Å². The van der Waals surface area contributed by atoms with Crippen LogP contribution in [-0.4, -0.2) is 15.9 Å². The van der Waals surface area contributed by atoms with Crippen LogP contribution in [0.25, 0.3) is 22.2 Å². The lowest BCUT2D eigenvalue weighted by Crippen LogP contribution is -2.10. The predicted molar refractivity (Wildman–Crippen MR) is 70.0 cm³/mol. The molecular formula is C14H11N3O. The predicted octanol–water partition coefficient (Wildman–Crippen LogP) is 2.33. The van der Waals surface area contributed by atoms with Crippen molar-refractivity contribution in [1.29, 1.82) is 0 Å². The second-order valence-electron chi connectivity index (χ2n) is 4.08. The average molecular weight is 237 g/mol. The second kappa shape index (κ2) is 4.00. The molecule has 0 bridgehead atoms. The van der Waals surface area contributed by atoms with Gasteiger partial charge >= 0.3 is 0 Å². The number of rotatable bonds is 2. The van der Waals surface area contributed by atoms with E-state index in [4.69, 9.17) is 5.73 Å². The summed E-state index contributed by atoms with van der Waals surface area (Å²) >= 11 is 0. The van der Waals surface area contributed by atoms with Gasteiger partial charge in [0.15, 0.2) is 0 Å². The van der Waals surface area contributed by atoms with Crippen molar-refractivity contribution in [3.63, 3.8) is 0 Å². The third kappa shape index (κ3) is 1.73. The minimum Gasteiger partial charge on any atom is -0.366 e. The monoisotopic (exact) mass is 237 g/mol. The highest BCUT2D eigenvalue weighted by Crippen LogP contribution is 2.23. The van der Waals surface area contributed by atoms with Crippen LogP contribution in [0.4, 0.5) is 0 Å². The van der Waals surface area contributed by atoms with Crippen molar-refractivity contribution in [1.82, 2.24) is 9.97 Å². The van der Waals surface area contributed by atoms with E-state index < -0.39 is 5.91 Å². The van der Waals surface area contributed by atoms with Gasteiger partial charge in [-0.2, -0.15) is 0 Å². The molecular weight excluding hydrogens is 226 g/mol. The van der Waals surface area contributed by atoms with Crippen LogP contribution in [0.2, 0.25) is 0 Å². The number of aromatic nitrogens is 2. The van der Waals surface area contributed by atoms with Gasteiger partial charge in [0, 0.05) is 5.56 Å². The molecule has 4 heteroatoms. The maximum absolute atomic E-state index is 11.2. The molecule has 1 heterocycles. The Labute approximate surface area is 103 Å². The number of aromatic amines is 1. The molecule has 1 aromatic heterocycles. The number of carbonyl (C=O) groups is 1. The van der Waals surface area contributed by atoms with E-state index in [1.54, 1.807) is 18.5 Å². The first-order valence-corrected chi connectivity index (χ1v) is 5.57. The number of H-pyrrole nitrogens is 1. The summed E-state index contributed by atoms with van der Waals surface area (Å²) in [6.07, 6.45) is 1.66. The largest absolute Gasteiger partial charge is 0.366 e. The molecule has 0 fully saturated rings. The number of fused-ring (bicyclic) bond motifs is 1. The summed E-state index contributed by atoms with van der Waals surface area (Å²) in [6, 6.07) is 13.2. The first-order chi connectivity index (χ1) is 8.74. The number of nitrogens with two attached hydrogens (primary N) is 1. The van der Waals surface area contributed by atoms with Gasteiger partial charge in [0.25, 0.3) is 0 Å². The molecule has 1 amide bonds. The number of hydrogen-bond acceptors (Lipinski definition) is 2. The first-order valence-electron chi connectivity index (χ1n) is 5.57. The highest BCUT2D eigenvalue weighted by Gasteiger charge is 2.04. The molecule has 0 saturated heterocycles. The zero-order valence-electron chi connectivity index (χ0n) is 9.55. The van der Waals surface area contributed by atoms with E-state index in [2.05, 4.69) is 9.97 Å². The molecule has 3 aromatic rings. The summed E-state index contributed by atoms with van der Waals surface area (Å²) in [7, 11) is 0. The molecule has 2 aromatic carbocycles. The lowest BCUT2D eigenvalue weighted by molar-refractivity contribution is 0.100. The van der Waals surface area contributed by atoms with E-state index in [0.29, 0.717) is 5.56 Å². The van der Waals surface area contributed by atoms with Crippen LogP contribution >= 0.6 is 0 Å². The average Bonchev–Trinajstić information content (AvgIpc) is 2.86. The minimum absolute atomic E-state index is 0.417. The van der Waals surface area contributed by atoms with Crippen LogP contribution in [0.5, 0.6) is 0 Å². The maximum atomic E-state index is 11.2. The molecule has 3 N–H and O–H groups in total. The van der Waals surface area contributed by atoms with E-state index >= 15 is 0 Å². The van der Waals surface area contributed by atoms with E-state index in [0.717, 1.165) is 22.2 Å². The van der Waals surface area contributed by atoms with E-state index in [1.165, 1.54) is 0 Å². The van der Waals surface area contributed by atoms with Crippen LogP contribution in [0.1, 0.15) is 10.4 Å². The number of benzene rings is 2. The van der Waals surface area contributed by atoms with Crippen molar-refractivity contribution in [2.75, 3.05) is 0 Å². The highest BCUT2D eigenvalue weighted by molar-refractivity contribution is 5.94. The molecule has 18 heavy (non-hydrogen) atoms. The molecule has 88 valence electrons. The molecule has 0 aliphatic heterocycles. The van der Waals surface area contributed by atoms with Gasteiger partial charge in [-0.15, -0.1) is 0 Å². The Morgan fingerprint density at radius 2 is 1.94 bits per heavy atom. The summed E-state index contributed by atoms with van der Waals surface area (Å²) in [4.78, 5) is 18.4. The van der Waals surface area contributed by atoms with Crippen molar-refractivity contribution < 1.29 is 4.79 Å². The number of carbonyl (C=O) groups excluding carboxylic acids is 1. The van der Waals surface area contributed by atoms with Crippen LogP contribution in [0.15, 0.2) is 48.8 Å². The van der Waals surface area contributed by atoms with Gasteiger partial charge < -0.3 is 10.7 Å². The first kappa shape index (κ1) is 10.5. The van der Waals surface area contributed by atoms with Crippen molar-refractivity contribution in [3.05, 3.63) is 54.4 Å². The molecule has 0 saturated carbocycles. The van der Waals surface area contributed by atoms with Crippen molar-refractivity contribution in [2.45, 2.75) is 0 Å². The molecule has 0 unspecified atom stereocenters. The van der Waals surface area contributed by atoms with Crippen LogP contribution in [0.3, 0.4) is 0 Å². The highest BCUT2D eigenvalue weighted by atomic mass is 16.1. The van der Waals surface area contributed by atoms with Gasteiger partial charge in [0.2, 0.25) is 5.91 Å². The fourth-order valence-electron chi connectivity index (χ4n) is 1.97. The molecule has 0 aliphatic rings. The topological polar surface area (TPSA) is 71.8 Å². The third-order valence-corrected chi connectivity index (χ3v) is 2.90. The van der Waals surface area contributed by atoms with Gasteiger partial charge in [-0.25, -0.2) is 4.98 Å². The summed E-state index contributed by atoms with van der Waals surface area (Å²) in [5.41, 5.74) is 9.67. The van der Waals surface area contributed by atoms with E-state index in [-0.39, 0.29) is 0 Å². The molecule has 4 nitrogen and oxygen atoms in total. The fraction of sp³-hybridized carbons (Fsp3) is 0. The van der Waals surface area contributed by atoms with Gasteiger partial charge in [-0.1, -0.05) is 18.2 Å². The Balaban J connectivity index is 2.13. The normalized spacial score (nSPS) is 10.7. The van der Waals surface area contributed by atoms with Gasteiger partial charge in [0.05, 0.1) is 17.4 Å². The Kier molecular flexibility index (Phi) is 2.34. The summed E-state index contributed by atoms with van der Waals surface area (Å²) < 4.78 is 0. The standard InChI is InChI=1S/C14H11N3O/c15-14(18)11-3-1-2-9(6-11)10-4-5-12-13(7-10)17-8-16-12/h1-8H,(H2,15,18)(H,16,17). The number of nitrogens with one attached hydrogen (secondary N) is 1. The van der Waals surface area contributed by atoms with Crippen LogP contribution in [0, 0.1) is 0 Å². The maximum Gasteiger partial charge on any atom is 0.248 e. The quantitative estimate of drug-likeness (QED) is 0.718. The number of nitrogens with zero attached hydrogens (tertiary/aromatic N) is 1. The Morgan fingerprint density at radius 3 is 2.78 bits per heavy atom. The molecule has 0 spiro atoms. The smallest absolute Gasteiger partial charge is 0.248 e. The van der Waals surface area contributed by atoms with Gasteiger partial charge in [-0.3, -0.25) is 4.79 Å². The van der Waals surface area contributed by atoms with Gasteiger partial charge in [-0.05, 0) is 35.4 Å². The molecule has 0 radical (unpaired) electrons. The van der Waals surface area contributed by atoms with E-state index in [1.807, 2.05) is 30.3 Å². The number of amides is 1. The SMILES string of the molecule is NC(=O)c1cccc(-c2ccc3nc[nH]c3c2)c1. The Morgan fingerprint density at radius 1 is 1.11 bits per heavy atom. The second-order valence-corrected chi connectivity index (χ2v) is 4.08. The minimum atomic E-state index is -0.417. The summed E-state index contributed by atoms with van der Waals surface area (Å²) in [5, 5.41) is 0. The number of primary amides is 1. The summed E-state index contributed by atoms with van der Waals surface area (Å²) in [6.45, 7) is 0. The lowest BCUT2D eigenvalue weighted by atomic mass is 10.0. The number of hydrogen-bond donors (Lipinski definition) is 2. The zero-order chi connectivity index (χ0) is 12.5. The third-order valence-electron chi connectivity index (χ3n) is 2.90. The van der Waals surface area contributed by atoms with Crippen molar-refractivity contribution in [3.8, 4) is 11.1 Å². The molecule has 0 atom stereocenters.